The number of rotatable bonds is 9. The molecule has 1 heterocycles. The molecule has 0 radical (unpaired) electrons. The highest BCUT2D eigenvalue weighted by Crippen LogP contribution is 2.26. The van der Waals surface area contributed by atoms with Crippen molar-refractivity contribution in [2.75, 3.05) is 11.1 Å². The van der Waals surface area contributed by atoms with Gasteiger partial charge in [0.25, 0.3) is 5.91 Å². The van der Waals surface area contributed by atoms with Crippen molar-refractivity contribution in [3.05, 3.63) is 70.5 Å². The van der Waals surface area contributed by atoms with Gasteiger partial charge in [-0.1, -0.05) is 49.4 Å². The van der Waals surface area contributed by atoms with E-state index in [1.54, 1.807) is 6.07 Å². The SMILES string of the molecule is CCn1c(SCC(=O)Nc2cc(C)cc(C)c2)nnc1[C@H](NC(=O)c1cccc(C)c1)C(C)C. The number of aryl methyl sites for hydroxylation is 3. The van der Waals surface area contributed by atoms with E-state index in [4.69, 9.17) is 0 Å². The number of carbonyl (C=O) groups excluding carboxylic acids is 2. The summed E-state index contributed by atoms with van der Waals surface area (Å²) in [5.74, 6) is 0.766. The van der Waals surface area contributed by atoms with E-state index < -0.39 is 0 Å². The van der Waals surface area contributed by atoms with E-state index in [1.165, 1.54) is 11.8 Å². The largest absolute Gasteiger partial charge is 0.342 e. The molecule has 0 saturated carbocycles. The van der Waals surface area contributed by atoms with Crippen molar-refractivity contribution < 1.29 is 9.59 Å². The summed E-state index contributed by atoms with van der Waals surface area (Å²) >= 11 is 1.34. The Morgan fingerprint density at radius 3 is 2.32 bits per heavy atom. The molecule has 2 aromatic carbocycles. The number of carbonyl (C=O) groups is 2. The summed E-state index contributed by atoms with van der Waals surface area (Å²) in [7, 11) is 0. The number of anilines is 1. The van der Waals surface area contributed by atoms with Gasteiger partial charge in [-0.15, -0.1) is 10.2 Å². The van der Waals surface area contributed by atoms with E-state index in [2.05, 4.69) is 26.9 Å². The number of aromatic nitrogens is 3. The van der Waals surface area contributed by atoms with Gasteiger partial charge in [0, 0.05) is 17.8 Å². The highest BCUT2D eigenvalue weighted by molar-refractivity contribution is 7.99. The maximum atomic E-state index is 12.9. The van der Waals surface area contributed by atoms with Gasteiger partial charge in [0.2, 0.25) is 5.91 Å². The van der Waals surface area contributed by atoms with Crippen LogP contribution in [0.3, 0.4) is 0 Å². The molecule has 0 spiro atoms. The predicted octanol–water partition coefficient (Wildman–Crippen LogP) is 5.08. The molecule has 1 atom stereocenters. The number of amides is 2. The Balaban J connectivity index is 1.72. The Morgan fingerprint density at radius 2 is 1.71 bits per heavy atom. The van der Waals surface area contributed by atoms with Crippen molar-refractivity contribution in [1.82, 2.24) is 20.1 Å². The number of hydrogen-bond donors (Lipinski definition) is 2. The van der Waals surface area contributed by atoms with E-state index in [0.717, 1.165) is 22.4 Å². The second kappa shape index (κ2) is 11.3. The van der Waals surface area contributed by atoms with Crippen LogP contribution in [0, 0.1) is 26.7 Å². The molecule has 7 nitrogen and oxygen atoms in total. The third-order valence-electron chi connectivity index (χ3n) is 5.41. The Morgan fingerprint density at radius 1 is 1.00 bits per heavy atom. The summed E-state index contributed by atoms with van der Waals surface area (Å²) in [6.07, 6.45) is 0. The van der Waals surface area contributed by atoms with Crippen molar-refractivity contribution >= 4 is 29.3 Å². The van der Waals surface area contributed by atoms with Crippen LogP contribution in [-0.2, 0) is 11.3 Å². The van der Waals surface area contributed by atoms with Crippen molar-refractivity contribution in [2.45, 2.75) is 59.3 Å². The van der Waals surface area contributed by atoms with Crippen molar-refractivity contribution in [3.8, 4) is 0 Å². The zero-order chi connectivity index (χ0) is 24.8. The average Bonchev–Trinajstić information content (AvgIpc) is 3.17. The highest BCUT2D eigenvalue weighted by Gasteiger charge is 2.26. The van der Waals surface area contributed by atoms with Gasteiger partial charge in [-0.25, -0.2) is 0 Å². The van der Waals surface area contributed by atoms with E-state index in [9.17, 15) is 9.59 Å². The van der Waals surface area contributed by atoms with Crippen LogP contribution in [0.4, 0.5) is 5.69 Å². The van der Waals surface area contributed by atoms with Crippen LogP contribution >= 0.6 is 11.8 Å². The van der Waals surface area contributed by atoms with Gasteiger partial charge in [0.15, 0.2) is 11.0 Å². The summed E-state index contributed by atoms with van der Waals surface area (Å²) in [6, 6.07) is 13.2. The zero-order valence-electron chi connectivity index (χ0n) is 20.7. The standard InChI is InChI=1S/C26H33N5O2S/c1-7-31-24(23(16(2)3)28-25(33)20-10-8-9-17(4)12-20)29-30-26(31)34-15-22(32)27-21-13-18(5)11-19(6)14-21/h8-14,16,23H,7,15H2,1-6H3,(H,27,32)(H,28,33)/t23-/m1/s1. The molecule has 2 N–H and O–H groups in total. The molecule has 0 fully saturated rings. The van der Waals surface area contributed by atoms with Crippen LogP contribution in [0.5, 0.6) is 0 Å². The van der Waals surface area contributed by atoms with Crippen molar-refractivity contribution in [1.29, 1.82) is 0 Å². The molecular weight excluding hydrogens is 446 g/mol. The summed E-state index contributed by atoms with van der Waals surface area (Å²) in [5, 5.41) is 15.5. The lowest BCUT2D eigenvalue weighted by Gasteiger charge is -2.22. The van der Waals surface area contributed by atoms with Gasteiger partial charge in [-0.2, -0.15) is 0 Å². The Hall–Kier alpha value is -3.13. The molecule has 0 saturated heterocycles. The molecule has 3 rings (SSSR count). The first-order chi connectivity index (χ1) is 16.2. The maximum Gasteiger partial charge on any atom is 0.251 e. The first kappa shape index (κ1) is 25.5. The van der Waals surface area contributed by atoms with E-state index in [-0.39, 0.29) is 29.5 Å². The number of thioether (sulfide) groups is 1. The average molecular weight is 480 g/mol. The van der Waals surface area contributed by atoms with E-state index in [0.29, 0.717) is 23.1 Å². The molecule has 1 aromatic heterocycles. The first-order valence-corrected chi connectivity index (χ1v) is 12.5. The molecule has 3 aromatic rings. The van der Waals surface area contributed by atoms with Crippen LogP contribution in [0.1, 0.15) is 59.7 Å². The Labute approximate surface area is 205 Å². The van der Waals surface area contributed by atoms with Crippen molar-refractivity contribution in [3.63, 3.8) is 0 Å². The zero-order valence-corrected chi connectivity index (χ0v) is 21.5. The van der Waals surface area contributed by atoms with E-state index in [1.807, 2.05) is 76.4 Å². The van der Waals surface area contributed by atoms with Gasteiger partial charge in [0.1, 0.15) is 0 Å². The Bertz CT molecular complexity index is 1150. The van der Waals surface area contributed by atoms with Gasteiger partial charge in [0.05, 0.1) is 11.8 Å². The third-order valence-corrected chi connectivity index (χ3v) is 6.38. The quantitative estimate of drug-likeness (QED) is 0.418. The molecule has 180 valence electrons. The highest BCUT2D eigenvalue weighted by atomic mass is 32.2. The minimum Gasteiger partial charge on any atom is -0.342 e. The maximum absolute atomic E-state index is 12.9. The molecule has 34 heavy (non-hydrogen) atoms. The molecule has 0 aliphatic carbocycles. The smallest absolute Gasteiger partial charge is 0.251 e. The van der Waals surface area contributed by atoms with Crippen LogP contribution in [0.25, 0.3) is 0 Å². The summed E-state index contributed by atoms with van der Waals surface area (Å²) in [5.41, 5.74) is 4.64. The first-order valence-electron chi connectivity index (χ1n) is 11.5. The third kappa shape index (κ3) is 6.47. The molecule has 8 heteroatoms. The molecule has 2 amide bonds. The topological polar surface area (TPSA) is 88.9 Å². The number of nitrogens with zero attached hydrogens (tertiary/aromatic N) is 3. The van der Waals surface area contributed by atoms with E-state index >= 15 is 0 Å². The molecule has 0 bridgehead atoms. The van der Waals surface area contributed by atoms with Gasteiger partial charge < -0.3 is 15.2 Å². The van der Waals surface area contributed by atoms with Crippen LogP contribution in [0.2, 0.25) is 0 Å². The number of hydrogen-bond acceptors (Lipinski definition) is 5. The predicted molar refractivity (Wildman–Crippen MR) is 137 cm³/mol. The minimum absolute atomic E-state index is 0.102. The molecular formula is C26H33N5O2S. The summed E-state index contributed by atoms with van der Waals surface area (Å²) in [4.78, 5) is 25.4. The van der Waals surface area contributed by atoms with Gasteiger partial charge in [-0.05, 0) is 69.0 Å². The van der Waals surface area contributed by atoms with Gasteiger partial charge in [-0.3, -0.25) is 9.59 Å². The lowest BCUT2D eigenvalue weighted by Crippen LogP contribution is -2.33. The van der Waals surface area contributed by atoms with Crippen molar-refractivity contribution in [2.24, 2.45) is 5.92 Å². The van der Waals surface area contributed by atoms with Crippen LogP contribution in [-0.4, -0.2) is 32.3 Å². The minimum atomic E-state index is -0.307. The molecule has 0 unspecified atom stereocenters. The molecule has 0 aliphatic rings. The normalized spacial score (nSPS) is 12.0. The fourth-order valence-corrected chi connectivity index (χ4v) is 4.66. The monoisotopic (exact) mass is 479 g/mol. The fraction of sp³-hybridized carbons (Fsp3) is 0.385. The fourth-order valence-electron chi connectivity index (χ4n) is 3.85. The second-order valence-electron chi connectivity index (χ2n) is 8.86. The second-order valence-corrected chi connectivity index (χ2v) is 9.81. The van der Waals surface area contributed by atoms with Crippen LogP contribution < -0.4 is 10.6 Å². The lowest BCUT2D eigenvalue weighted by molar-refractivity contribution is -0.113. The summed E-state index contributed by atoms with van der Waals surface area (Å²) < 4.78 is 1.97. The Kier molecular flexibility index (Phi) is 8.50. The van der Waals surface area contributed by atoms with Gasteiger partial charge >= 0.3 is 0 Å². The molecule has 0 aliphatic heterocycles. The van der Waals surface area contributed by atoms with Crippen LogP contribution in [0.15, 0.2) is 47.6 Å². The summed E-state index contributed by atoms with van der Waals surface area (Å²) in [6.45, 7) is 12.7. The number of benzene rings is 2. The lowest BCUT2D eigenvalue weighted by atomic mass is 10.0. The number of nitrogens with one attached hydrogen (secondary N) is 2.